The molecule has 1 saturated heterocycles. The van der Waals surface area contributed by atoms with Gasteiger partial charge in [-0.25, -0.2) is 8.42 Å². The van der Waals surface area contributed by atoms with E-state index in [1.807, 2.05) is 0 Å². The first-order valence-electron chi connectivity index (χ1n) is 6.16. The number of sulfonamides is 1. The van der Waals surface area contributed by atoms with E-state index in [2.05, 4.69) is 20.8 Å². The average molecular weight is 378 g/mol. The van der Waals surface area contributed by atoms with Crippen molar-refractivity contribution in [1.82, 2.24) is 9.21 Å². The standard InChI is InChI=1S/C12H16BrN3O2S2/c13-10-3-1-2-4-11(10)20(17,18)16-7-5-15(6-8-16)9-12(14)19/h1-4H,5-9H2,(H2,14,19). The van der Waals surface area contributed by atoms with Gasteiger partial charge < -0.3 is 5.73 Å². The predicted molar refractivity (Wildman–Crippen MR) is 86.1 cm³/mol. The number of nitrogens with two attached hydrogens (primary N) is 1. The second kappa shape index (κ2) is 6.48. The lowest BCUT2D eigenvalue weighted by Gasteiger charge is -2.33. The van der Waals surface area contributed by atoms with Crippen LogP contribution in [0.5, 0.6) is 0 Å². The van der Waals surface area contributed by atoms with Gasteiger partial charge in [-0.15, -0.1) is 0 Å². The fraction of sp³-hybridized carbons (Fsp3) is 0.417. The summed E-state index contributed by atoms with van der Waals surface area (Å²) in [6.07, 6.45) is 0. The molecule has 0 spiro atoms. The second-order valence-corrected chi connectivity index (χ2v) is 7.86. The lowest BCUT2D eigenvalue weighted by molar-refractivity contribution is 0.209. The maximum atomic E-state index is 12.6. The highest BCUT2D eigenvalue weighted by Crippen LogP contribution is 2.25. The molecule has 20 heavy (non-hydrogen) atoms. The molecular weight excluding hydrogens is 362 g/mol. The molecule has 1 aromatic rings. The van der Waals surface area contributed by atoms with E-state index in [1.165, 1.54) is 4.31 Å². The van der Waals surface area contributed by atoms with Gasteiger partial charge in [0.25, 0.3) is 0 Å². The fourth-order valence-corrected chi connectivity index (χ4v) is 4.71. The first kappa shape index (κ1) is 15.8. The number of nitrogens with zero attached hydrogens (tertiary/aromatic N) is 2. The summed E-state index contributed by atoms with van der Waals surface area (Å²) in [5.74, 6) is 0. The Kier molecular flexibility index (Phi) is 5.14. The highest BCUT2D eigenvalue weighted by molar-refractivity contribution is 9.10. The smallest absolute Gasteiger partial charge is 0.244 e. The summed E-state index contributed by atoms with van der Waals surface area (Å²) in [7, 11) is -3.45. The molecule has 2 N–H and O–H groups in total. The number of hydrogen-bond acceptors (Lipinski definition) is 4. The monoisotopic (exact) mass is 377 g/mol. The van der Waals surface area contributed by atoms with Crippen molar-refractivity contribution in [2.24, 2.45) is 5.73 Å². The van der Waals surface area contributed by atoms with Crippen molar-refractivity contribution in [2.75, 3.05) is 32.7 Å². The second-order valence-electron chi connectivity index (χ2n) is 4.58. The highest BCUT2D eigenvalue weighted by atomic mass is 79.9. The molecule has 8 heteroatoms. The molecule has 1 fully saturated rings. The van der Waals surface area contributed by atoms with E-state index in [4.69, 9.17) is 18.0 Å². The molecule has 0 bridgehead atoms. The van der Waals surface area contributed by atoms with Crippen LogP contribution in [-0.2, 0) is 10.0 Å². The summed E-state index contributed by atoms with van der Waals surface area (Å²) >= 11 is 8.16. The minimum absolute atomic E-state index is 0.308. The molecule has 1 aliphatic rings. The number of hydrogen-bond donors (Lipinski definition) is 1. The molecule has 1 aliphatic heterocycles. The normalized spacial score (nSPS) is 18.1. The van der Waals surface area contributed by atoms with Crippen molar-refractivity contribution >= 4 is 43.2 Å². The number of halogens is 1. The third-order valence-corrected chi connectivity index (χ3v) is 6.21. The van der Waals surface area contributed by atoms with Crippen molar-refractivity contribution in [3.63, 3.8) is 0 Å². The van der Waals surface area contributed by atoms with Crippen LogP contribution in [0.4, 0.5) is 0 Å². The number of benzene rings is 1. The van der Waals surface area contributed by atoms with Crippen molar-refractivity contribution in [3.8, 4) is 0 Å². The third-order valence-electron chi connectivity index (χ3n) is 3.17. The topological polar surface area (TPSA) is 66.6 Å². The predicted octanol–water partition coefficient (Wildman–Crippen LogP) is 1.04. The SMILES string of the molecule is NC(=S)CN1CCN(S(=O)(=O)c2ccccc2Br)CC1. The van der Waals surface area contributed by atoms with Crippen molar-refractivity contribution in [2.45, 2.75) is 4.90 Å². The molecule has 2 rings (SSSR count). The molecule has 0 aromatic heterocycles. The van der Waals surface area contributed by atoms with Crippen LogP contribution in [0, 0.1) is 0 Å². The number of rotatable bonds is 4. The Labute approximate surface area is 132 Å². The first-order chi connectivity index (χ1) is 9.41. The maximum absolute atomic E-state index is 12.6. The Bertz CT molecular complexity index is 598. The maximum Gasteiger partial charge on any atom is 0.244 e. The van der Waals surface area contributed by atoms with E-state index in [1.54, 1.807) is 24.3 Å². The summed E-state index contributed by atoms with van der Waals surface area (Å²) in [4.78, 5) is 2.81. The van der Waals surface area contributed by atoms with Crippen molar-refractivity contribution in [1.29, 1.82) is 0 Å². The van der Waals surface area contributed by atoms with Crippen LogP contribution < -0.4 is 5.73 Å². The Morgan fingerprint density at radius 3 is 2.40 bits per heavy atom. The lowest BCUT2D eigenvalue weighted by atomic mass is 10.3. The van der Waals surface area contributed by atoms with E-state index in [0.29, 0.717) is 47.1 Å². The van der Waals surface area contributed by atoms with Gasteiger partial charge in [0.2, 0.25) is 10.0 Å². The molecule has 1 aromatic carbocycles. The Balaban J connectivity index is 2.10. The van der Waals surface area contributed by atoms with Crippen LogP contribution in [0.25, 0.3) is 0 Å². The number of piperazine rings is 1. The van der Waals surface area contributed by atoms with Crippen molar-refractivity contribution < 1.29 is 8.42 Å². The third kappa shape index (κ3) is 3.56. The van der Waals surface area contributed by atoms with E-state index in [-0.39, 0.29) is 0 Å². The largest absolute Gasteiger partial charge is 0.392 e. The van der Waals surface area contributed by atoms with Crippen LogP contribution in [0.1, 0.15) is 0 Å². The van der Waals surface area contributed by atoms with Crippen molar-refractivity contribution in [3.05, 3.63) is 28.7 Å². The van der Waals surface area contributed by atoms with Gasteiger partial charge in [0.1, 0.15) is 0 Å². The van der Waals surface area contributed by atoms with E-state index < -0.39 is 10.0 Å². The molecule has 0 radical (unpaired) electrons. The Morgan fingerprint density at radius 1 is 1.25 bits per heavy atom. The van der Waals surface area contributed by atoms with Gasteiger partial charge in [0.15, 0.2) is 0 Å². The molecule has 0 amide bonds. The van der Waals surface area contributed by atoms with Gasteiger partial charge in [0.05, 0.1) is 9.88 Å². The van der Waals surface area contributed by atoms with Gasteiger partial charge in [-0.3, -0.25) is 4.90 Å². The average Bonchev–Trinajstić information content (AvgIpc) is 2.39. The van der Waals surface area contributed by atoms with E-state index in [0.717, 1.165) is 0 Å². The van der Waals surface area contributed by atoms with E-state index in [9.17, 15) is 8.42 Å². The van der Waals surface area contributed by atoms with E-state index >= 15 is 0 Å². The van der Waals surface area contributed by atoms with Gasteiger partial charge in [-0.1, -0.05) is 24.4 Å². The Morgan fingerprint density at radius 2 is 1.85 bits per heavy atom. The molecule has 5 nitrogen and oxygen atoms in total. The van der Waals surface area contributed by atoms with Crippen LogP contribution in [0.3, 0.4) is 0 Å². The van der Waals surface area contributed by atoms with Gasteiger partial charge in [-0.05, 0) is 28.1 Å². The van der Waals surface area contributed by atoms with Gasteiger partial charge in [0, 0.05) is 37.2 Å². The van der Waals surface area contributed by atoms with Crippen LogP contribution in [-0.4, -0.2) is 55.3 Å². The zero-order chi connectivity index (χ0) is 14.8. The molecule has 0 aliphatic carbocycles. The minimum atomic E-state index is -3.45. The quantitative estimate of drug-likeness (QED) is 0.794. The van der Waals surface area contributed by atoms with Gasteiger partial charge in [-0.2, -0.15) is 4.31 Å². The molecule has 1 heterocycles. The van der Waals surface area contributed by atoms with Crippen LogP contribution in [0.15, 0.2) is 33.6 Å². The summed E-state index contributed by atoms with van der Waals surface area (Å²) in [5, 5.41) is 0. The molecule has 110 valence electrons. The zero-order valence-electron chi connectivity index (χ0n) is 10.8. The Hall–Kier alpha value is -0.540. The van der Waals surface area contributed by atoms with Crippen LogP contribution >= 0.6 is 28.1 Å². The zero-order valence-corrected chi connectivity index (χ0v) is 14.0. The molecular formula is C12H16BrN3O2S2. The molecule has 0 atom stereocenters. The summed E-state index contributed by atoms with van der Waals surface area (Å²) < 4.78 is 27.2. The summed E-state index contributed by atoms with van der Waals surface area (Å²) in [5.41, 5.74) is 5.51. The fourth-order valence-electron chi connectivity index (χ4n) is 2.14. The highest BCUT2D eigenvalue weighted by Gasteiger charge is 2.29. The first-order valence-corrected chi connectivity index (χ1v) is 8.81. The van der Waals surface area contributed by atoms with Crippen LogP contribution in [0.2, 0.25) is 0 Å². The summed E-state index contributed by atoms with van der Waals surface area (Å²) in [6.45, 7) is 2.72. The lowest BCUT2D eigenvalue weighted by Crippen LogP contribution is -2.50. The number of thiocarbonyl (C=S) groups is 1. The minimum Gasteiger partial charge on any atom is -0.392 e. The molecule has 0 unspecified atom stereocenters. The summed E-state index contributed by atoms with van der Waals surface area (Å²) in [6, 6.07) is 6.86. The molecule has 0 saturated carbocycles. The van der Waals surface area contributed by atoms with Gasteiger partial charge >= 0.3 is 0 Å².